The molecule has 2 aromatic rings. The second-order valence-corrected chi connectivity index (χ2v) is 7.22. The van der Waals surface area contributed by atoms with Crippen molar-refractivity contribution in [3.8, 4) is 0 Å². The summed E-state index contributed by atoms with van der Waals surface area (Å²) in [7, 11) is -2.10. The molecule has 0 aromatic carbocycles. The van der Waals surface area contributed by atoms with E-state index in [0.717, 1.165) is 10.7 Å². The average molecular weight is 366 g/mol. The zero-order valence-corrected chi connectivity index (χ0v) is 13.5. The summed E-state index contributed by atoms with van der Waals surface area (Å²) < 4.78 is 28.1. The second-order valence-electron chi connectivity index (χ2n) is 3.84. The van der Waals surface area contributed by atoms with E-state index in [9.17, 15) is 8.42 Å². The van der Waals surface area contributed by atoms with Gasteiger partial charge in [-0.25, -0.2) is 22.8 Å². The van der Waals surface area contributed by atoms with E-state index in [-0.39, 0.29) is 16.2 Å². The Morgan fingerprint density at radius 1 is 1.53 bits per heavy atom. The largest absolute Gasteiger partial charge is 0.260 e. The lowest BCUT2D eigenvalue weighted by Crippen LogP contribution is -2.28. The molecule has 0 saturated carbocycles. The van der Waals surface area contributed by atoms with E-state index in [1.54, 1.807) is 0 Å². The molecule has 0 atom stereocenters. The minimum atomic E-state index is -3.62. The molecule has 0 radical (unpaired) electrons. The van der Waals surface area contributed by atoms with Crippen molar-refractivity contribution in [1.82, 2.24) is 24.7 Å². The second kappa shape index (κ2) is 5.65. The average Bonchev–Trinajstić information content (AvgIpc) is 2.86. The maximum atomic E-state index is 12.1. The van der Waals surface area contributed by atoms with Gasteiger partial charge in [0.05, 0.1) is 5.01 Å². The third-order valence-corrected chi connectivity index (χ3v) is 5.66. The van der Waals surface area contributed by atoms with Crippen LogP contribution in [0.2, 0.25) is 0 Å². The van der Waals surface area contributed by atoms with Gasteiger partial charge in [0.1, 0.15) is 0 Å². The molecule has 19 heavy (non-hydrogen) atoms. The number of aryl methyl sites for hydroxylation is 2. The fourth-order valence-corrected chi connectivity index (χ4v) is 4.38. The molecule has 0 unspecified atom stereocenters. The number of nitrogens with zero attached hydrogens (tertiary/aromatic N) is 4. The minimum Gasteiger partial charge on any atom is -0.247 e. The molecule has 0 amide bonds. The van der Waals surface area contributed by atoms with Crippen LogP contribution in [0.5, 0.6) is 0 Å². The zero-order chi connectivity index (χ0) is 14.0. The predicted molar refractivity (Wildman–Crippen MR) is 74.4 cm³/mol. The van der Waals surface area contributed by atoms with E-state index < -0.39 is 10.0 Å². The topological polar surface area (TPSA) is 89.8 Å². The van der Waals surface area contributed by atoms with Gasteiger partial charge in [0.15, 0.2) is 4.60 Å². The number of rotatable bonds is 5. The molecule has 104 valence electrons. The fourth-order valence-electron chi connectivity index (χ4n) is 1.49. The van der Waals surface area contributed by atoms with E-state index in [2.05, 4.69) is 35.9 Å². The molecule has 2 rings (SSSR count). The van der Waals surface area contributed by atoms with E-state index >= 15 is 0 Å². The van der Waals surface area contributed by atoms with Crippen LogP contribution in [0, 0.1) is 6.92 Å². The number of thiazole rings is 1. The Morgan fingerprint density at radius 3 is 2.79 bits per heavy atom. The van der Waals surface area contributed by atoms with Gasteiger partial charge in [-0.1, -0.05) is 5.21 Å². The van der Waals surface area contributed by atoms with Gasteiger partial charge in [0, 0.05) is 31.1 Å². The Labute approximate surface area is 123 Å². The van der Waals surface area contributed by atoms with Crippen LogP contribution < -0.4 is 4.72 Å². The Morgan fingerprint density at radius 2 is 2.26 bits per heavy atom. The fraction of sp³-hybridized carbons (Fsp3) is 0.444. The van der Waals surface area contributed by atoms with Crippen LogP contribution in [0.15, 0.2) is 15.0 Å². The summed E-state index contributed by atoms with van der Waals surface area (Å²) in [6, 6.07) is 0. The molecule has 7 nitrogen and oxygen atoms in total. The summed E-state index contributed by atoms with van der Waals surface area (Å²) >= 11 is 4.59. The molecule has 0 aliphatic heterocycles. The number of hydrogen-bond donors (Lipinski definition) is 1. The first-order valence-corrected chi connectivity index (χ1v) is 8.51. The third kappa shape index (κ3) is 3.38. The number of aromatic nitrogens is 4. The van der Waals surface area contributed by atoms with Crippen LogP contribution in [-0.2, 0) is 23.5 Å². The highest BCUT2D eigenvalue weighted by molar-refractivity contribution is 9.10. The molecule has 0 fully saturated rings. The van der Waals surface area contributed by atoms with E-state index in [1.807, 2.05) is 12.3 Å². The molecule has 1 N–H and O–H groups in total. The van der Waals surface area contributed by atoms with Crippen molar-refractivity contribution in [2.24, 2.45) is 7.05 Å². The lowest BCUT2D eigenvalue weighted by Gasteiger charge is -2.05. The van der Waals surface area contributed by atoms with Gasteiger partial charge in [-0.05, 0) is 22.9 Å². The van der Waals surface area contributed by atoms with Crippen LogP contribution in [0.1, 0.15) is 10.7 Å². The molecule has 0 spiro atoms. The number of sulfonamides is 1. The maximum Gasteiger partial charge on any atom is 0.260 e. The Kier molecular flexibility index (Phi) is 4.33. The Balaban J connectivity index is 2.03. The normalized spacial score (nSPS) is 11.9. The zero-order valence-electron chi connectivity index (χ0n) is 10.3. The third-order valence-electron chi connectivity index (χ3n) is 2.29. The standard InChI is InChI=1S/C9H12BrN5O2S2/c1-6-5-18-7(12-6)3-4-11-19(16,17)9-8(10)13-14-15(9)2/h5,11H,3-4H2,1-2H3. The van der Waals surface area contributed by atoms with Crippen LogP contribution >= 0.6 is 27.3 Å². The van der Waals surface area contributed by atoms with Gasteiger partial charge in [-0.15, -0.1) is 16.4 Å². The Bertz CT molecular complexity index is 659. The van der Waals surface area contributed by atoms with Gasteiger partial charge >= 0.3 is 0 Å². The van der Waals surface area contributed by atoms with E-state index in [0.29, 0.717) is 6.42 Å². The van der Waals surface area contributed by atoms with Gasteiger partial charge in [-0.3, -0.25) is 0 Å². The minimum absolute atomic E-state index is 0.0165. The van der Waals surface area contributed by atoms with Gasteiger partial charge in [0.25, 0.3) is 10.0 Å². The van der Waals surface area contributed by atoms with Crippen molar-refractivity contribution < 1.29 is 8.42 Å². The van der Waals surface area contributed by atoms with Gasteiger partial charge in [-0.2, -0.15) is 0 Å². The quantitative estimate of drug-likeness (QED) is 0.848. The van der Waals surface area contributed by atoms with E-state index in [1.165, 1.54) is 23.1 Å². The summed E-state index contributed by atoms with van der Waals surface area (Å²) in [5.41, 5.74) is 0.946. The van der Waals surface area contributed by atoms with E-state index in [4.69, 9.17) is 0 Å². The van der Waals surface area contributed by atoms with Crippen molar-refractivity contribution >= 4 is 37.3 Å². The van der Waals surface area contributed by atoms with Crippen molar-refractivity contribution in [2.45, 2.75) is 18.4 Å². The SMILES string of the molecule is Cc1csc(CCNS(=O)(=O)c2c(Br)nnn2C)n1. The first-order chi connectivity index (χ1) is 8.90. The van der Waals surface area contributed by atoms with Crippen molar-refractivity contribution in [2.75, 3.05) is 6.54 Å². The molecule has 2 heterocycles. The molecule has 10 heteroatoms. The summed E-state index contributed by atoms with van der Waals surface area (Å²) in [5.74, 6) is 0. The van der Waals surface area contributed by atoms with Crippen molar-refractivity contribution in [1.29, 1.82) is 0 Å². The number of nitrogens with one attached hydrogen (secondary N) is 1. The van der Waals surface area contributed by atoms with Crippen molar-refractivity contribution in [3.05, 3.63) is 20.7 Å². The first kappa shape index (κ1) is 14.6. The highest BCUT2D eigenvalue weighted by Gasteiger charge is 2.23. The van der Waals surface area contributed by atoms with Crippen LogP contribution in [0.25, 0.3) is 0 Å². The molecular weight excluding hydrogens is 354 g/mol. The highest BCUT2D eigenvalue weighted by Crippen LogP contribution is 2.17. The number of hydrogen-bond acceptors (Lipinski definition) is 6. The molecule has 0 aliphatic rings. The van der Waals surface area contributed by atoms with Crippen LogP contribution in [0.4, 0.5) is 0 Å². The lowest BCUT2D eigenvalue weighted by atomic mass is 10.4. The summed E-state index contributed by atoms with van der Waals surface area (Å²) in [6.45, 7) is 2.19. The smallest absolute Gasteiger partial charge is 0.247 e. The molecular formula is C9H12BrN5O2S2. The Hall–Kier alpha value is -0.840. The van der Waals surface area contributed by atoms with Gasteiger partial charge < -0.3 is 0 Å². The van der Waals surface area contributed by atoms with Crippen LogP contribution in [-0.4, -0.2) is 34.9 Å². The monoisotopic (exact) mass is 365 g/mol. The summed E-state index contributed by atoms with van der Waals surface area (Å²) in [6.07, 6.45) is 0.556. The van der Waals surface area contributed by atoms with Crippen LogP contribution in [0.3, 0.4) is 0 Å². The predicted octanol–water partition coefficient (Wildman–Crippen LogP) is 0.864. The van der Waals surface area contributed by atoms with Gasteiger partial charge in [0.2, 0.25) is 5.03 Å². The molecule has 0 saturated heterocycles. The molecule has 0 bridgehead atoms. The first-order valence-electron chi connectivity index (χ1n) is 5.36. The summed E-state index contributed by atoms with van der Waals surface area (Å²) in [4.78, 5) is 4.27. The molecule has 2 aromatic heterocycles. The molecule has 0 aliphatic carbocycles. The highest BCUT2D eigenvalue weighted by atomic mass is 79.9. The maximum absolute atomic E-state index is 12.1. The number of halogens is 1. The summed E-state index contributed by atoms with van der Waals surface area (Å²) in [5, 5.41) is 10.2. The van der Waals surface area contributed by atoms with Crippen molar-refractivity contribution in [3.63, 3.8) is 0 Å². The lowest BCUT2D eigenvalue weighted by molar-refractivity contribution is 0.560.